The molecule has 1 amide bonds. The number of nitrogens with one attached hydrogen (secondary N) is 1. The van der Waals surface area contributed by atoms with Crippen LogP contribution in [0.15, 0.2) is 42.0 Å². The Labute approximate surface area is 139 Å². The number of ether oxygens (including phenoxy) is 1. The molecule has 2 rings (SSSR count). The number of hydrogen-bond donors (Lipinski definition) is 1. The van der Waals surface area contributed by atoms with Crippen LogP contribution in [0.3, 0.4) is 0 Å². The summed E-state index contributed by atoms with van der Waals surface area (Å²) in [5.41, 5.74) is 2.28. The molecule has 4 nitrogen and oxygen atoms in total. The zero-order valence-electron chi connectivity index (χ0n) is 14.6. The quantitative estimate of drug-likeness (QED) is 0.861. The van der Waals surface area contributed by atoms with E-state index in [4.69, 9.17) is 4.74 Å². The topological polar surface area (TPSA) is 41.6 Å². The van der Waals surface area contributed by atoms with Crippen LogP contribution in [-0.4, -0.2) is 35.7 Å². The molecule has 0 aliphatic carbocycles. The van der Waals surface area contributed by atoms with Crippen LogP contribution in [0, 0.1) is 0 Å². The molecule has 0 saturated heterocycles. The van der Waals surface area contributed by atoms with Crippen LogP contribution < -0.4 is 5.32 Å². The van der Waals surface area contributed by atoms with E-state index >= 15 is 0 Å². The molecule has 1 aromatic rings. The van der Waals surface area contributed by atoms with Gasteiger partial charge < -0.3 is 10.1 Å². The maximum Gasteiger partial charge on any atom is 0.407 e. The van der Waals surface area contributed by atoms with Crippen LogP contribution in [0.4, 0.5) is 4.79 Å². The predicted molar refractivity (Wildman–Crippen MR) is 93.3 cm³/mol. The highest BCUT2D eigenvalue weighted by Gasteiger charge is 2.25. The first kappa shape index (κ1) is 17.5. The molecular weight excluding hydrogens is 288 g/mol. The van der Waals surface area contributed by atoms with Crippen molar-refractivity contribution in [1.29, 1.82) is 0 Å². The molecule has 1 heterocycles. The minimum Gasteiger partial charge on any atom is -0.448 e. The second-order valence-electron chi connectivity index (χ2n) is 7.18. The Morgan fingerprint density at radius 3 is 2.65 bits per heavy atom. The number of carbonyl (C=O) groups excluding carboxylic acids is 1. The second-order valence-corrected chi connectivity index (χ2v) is 7.18. The minimum atomic E-state index is -0.351. The van der Waals surface area contributed by atoms with Crippen LogP contribution in [0.1, 0.15) is 39.7 Å². The van der Waals surface area contributed by atoms with E-state index in [2.05, 4.69) is 47.5 Å². The van der Waals surface area contributed by atoms with Gasteiger partial charge in [0.25, 0.3) is 0 Å². The molecule has 1 aliphatic rings. The van der Waals surface area contributed by atoms with Gasteiger partial charge in [-0.15, -0.1) is 0 Å². The minimum absolute atomic E-state index is 0.148. The molecule has 1 aliphatic heterocycles. The summed E-state index contributed by atoms with van der Waals surface area (Å²) in [5.74, 6) is 0. The molecule has 4 heteroatoms. The van der Waals surface area contributed by atoms with Crippen molar-refractivity contribution in [1.82, 2.24) is 10.2 Å². The Kier molecular flexibility index (Phi) is 5.83. The van der Waals surface area contributed by atoms with Crippen molar-refractivity contribution in [2.45, 2.75) is 52.2 Å². The highest BCUT2D eigenvalue weighted by molar-refractivity contribution is 5.68. The van der Waals surface area contributed by atoms with Crippen molar-refractivity contribution < 1.29 is 9.53 Å². The molecule has 1 N–H and O–H groups in total. The summed E-state index contributed by atoms with van der Waals surface area (Å²) in [6.45, 7) is 10.2. The maximum atomic E-state index is 11.9. The Hall–Kier alpha value is -1.81. The molecule has 1 unspecified atom stereocenters. The second kappa shape index (κ2) is 7.64. The third kappa shape index (κ3) is 5.71. The van der Waals surface area contributed by atoms with Gasteiger partial charge in [-0.3, -0.25) is 4.90 Å². The van der Waals surface area contributed by atoms with E-state index in [0.29, 0.717) is 6.61 Å². The third-order valence-corrected chi connectivity index (χ3v) is 3.93. The van der Waals surface area contributed by atoms with Gasteiger partial charge in [0.2, 0.25) is 0 Å². The van der Waals surface area contributed by atoms with Gasteiger partial charge in [-0.25, -0.2) is 4.79 Å². The van der Waals surface area contributed by atoms with E-state index in [1.165, 1.54) is 11.1 Å². The lowest BCUT2D eigenvalue weighted by Gasteiger charge is -2.35. The molecule has 0 aromatic heterocycles. The van der Waals surface area contributed by atoms with Gasteiger partial charge in [-0.05, 0) is 39.7 Å². The van der Waals surface area contributed by atoms with Gasteiger partial charge in [0.05, 0.1) is 6.04 Å². The molecule has 23 heavy (non-hydrogen) atoms. The van der Waals surface area contributed by atoms with E-state index in [-0.39, 0.29) is 17.7 Å². The van der Waals surface area contributed by atoms with E-state index in [9.17, 15) is 4.79 Å². The summed E-state index contributed by atoms with van der Waals surface area (Å²) in [6.07, 6.45) is 2.94. The third-order valence-electron chi connectivity index (χ3n) is 3.93. The van der Waals surface area contributed by atoms with Crippen molar-refractivity contribution in [2.75, 3.05) is 13.2 Å². The molecule has 0 spiro atoms. The zero-order valence-corrected chi connectivity index (χ0v) is 14.6. The van der Waals surface area contributed by atoms with Crippen LogP contribution >= 0.6 is 0 Å². The molecule has 0 bridgehead atoms. The van der Waals surface area contributed by atoms with Crippen LogP contribution in [0.25, 0.3) is 0 Å². The molecule has 0 fully saturated rings. The molecule has 0 radical (unpaired) electrons. The predicted octanol–water partition coefficient (Wildman–Crippen LogP) is 3.73. The normalized spacial score (nSPS) is 19.1. The Balaban J connectivity index is 1.96. The number of hydrogen-bond acceptors (Lipinski definition) is 3. The van der Waals surface area contributed by atoms with E-state index in [0.717, 1.165) is 19.5 Å². The first-order valence-electron chi connectivity index (χ1n) is 8.25. The number of alkyl carbamates (subject to hydrolysis) is 1. The van der Waals surface area contributed by atoms with E-state index in [1.807, 2.05) is 26.8 Å². The average molecular weight is 316 g/mol. The highest BCUT2D eigenvalue weighted by atomic mass is 16.5. The molecule has 126 valence electrons. The highest BCUT2D eigenvalue weighted by Crippen LogP contribution is 2.20. The smallest absolute Gasteiger partial charge is 0.407 e. The average Bonchev–Trinajstić information content (AvgIpc) is 2.46. The maximum absolute atomic E-state index is 11.9. The van der Waals surface area contributed by atoms with Crippen molar-refractivity contribution >= 4 is 6.09 Å². The monoisotopic (exact) mass is 316 g/mol. The van der Waals surface area contributed by atoms with Gasteiger partial charge in [0.1, 0.15) is 6.61 Å². The van der Waals surface area contributed by atoms with Crippen LogP contribution in [0.5, 0.6) is 0 Å². The fourth-order valence-corrected chi connectivity index (χ4v) is 2.78. The number of nitrogens with zero attached hydrogens (tertiary/aromatic N) is 1. The summed E-state index contributed by atoms with van der Waals surface area (Å²) in [6, 6.07) is 10.6. The first-order chi connectivity index (χ1) is 10.8. The van der Waals surface area contributed by atoms with Crippen molar-refractivity contribution in [2.24, 2.45) is 0 Å². The zero-order chi connectivity index (χ0) is 16.9. The fourth-order valence-electron chi connectivity index (χ4n) is 2.78. The van der Waals surface area contributed by atoms with Gasteiger partial charge in [0.15, 0.2) is 0 Å². The first-order valence-corrected chi connectivity index (χ1v) is 8.25. The molecular formula is C19H28N2O2. The molecule has 1 aromatic carbocycles. The van der Waals surface area contributed by atoms with Crippen molar-refractivity contribution in [3.05, 3.63) is 47.5 Å². The van der Waals surface area contributed by atoms with E-state index in [1.54, 1.807) is 0 Å². The number of amides is 1. The van der Waals surface area contributed by atoms with E-state index < -0.39 is 0 Å². The van der Waals surface area contributed by atoms with Gasteiger partial charge in [0, 0.05) is 18.6 Å². The Morgan fingerprint density at radius 1 is 1.30 bits per heavy atom. The standard InChI is InChI=1S/C19H28N2O2/c1-15-9-8-12-21(13-16-10-6-5-7-11-16)17(15)14-23-18(22)20-19(2,3)4/h5-7,9-11,17H,8,12-14H2,1-4H3,(H,20,22). The summed E-state index contributed by atoms with van der Waals surface area (Å²) in [5, 5.41) is 2.84. The largest absolute Gasteiger partial charge is 0.448 e. The van der Waals surface area contributed by atoms with Crippen molar-refractivity contribution in [3.8, 4) is 0 Å². The Bertz CT molecular complexity index is 546. The summed E-state index contributed by atoms with van der Waals surface area (Å²) in [7, 11) is 0. The van der Waals surface area contributed by atoms with Gasteiger partial charge in [-0.1, -0.05) is 42.0 Å². The summed E-state index contributed by atoms with van der Waals surface area (Å²) >= 11 is 0. The SMILES string of the molecule is CC1=CCCN(Cc2ccccc2)C1COC(=O)NC(C)(C)C. The lowest BCUT2D eigenvalue weighted by molar-refractivity contribution is 0.0912. The summed E-state index contributed by atoms with van der Waals surface area (Å²) < 4.78 is 5.46. The lowest BCUT2D eigenvalue weighted by atomic mass is 10.0. The number of rotatable bonds is 4. The summed E-state index contributed by atoms with van der Waals surface area (Å²) in [4.78, 5) is 14.3. The molecule has 1 atom stereocenters. The van der Waals surface area contributed by atoms with Crippen molar-refractivity contribution in [3.63, 3.8) is 0 Å². The number of carbonyl (C=O) groups is 1. The fraction of sp³-hybridized carbons (Fsp3) is 0.526. The lowest BCUT2D eigenvalue weighted by Crippen LogP contribution is -2.45. The molecule has 0 saturated carbocycles. The Morgan fingerprint density at radius 2 is 2.00 bits per heavy atom. The van der Waals surface area contributed by atoms with Gasteiger partial charge >= 0.3 is 6.09 Å². The van der Waals surface area contributed by atoms with Crippen LogP contribution in [-0.2, 0) is 11.3 Å². The van der Waals surface area contributed by atoms with Crippen LogP contribution in [0.2, 0.25) is 0 Å². The van der Waals surface area contributed by atoms with Gasteiger partial charge in [-0.2, -0.15) is 0 Å². The number of benzene rings is 1.